The van der Waals surface area contributed by atoms with Crippen LogP contribution in [-0.2, 0) is 4.74 Å². The maximum atomic E-state index is 5.47. The highest BCUT2D eigenvalue weighted by molar-refractivity contribution is 9.10. The third-order valence-electron chi connectivity index (χ3n) is 4.94. The van der Waals surface area contributed by atoms with Gasteiger partial charge in [-0.15, -0.1) is 0 Å². The van der Waals surface area contributed by atoms with E-state index >= 15 is 0 Å². The molecule has 1 saturated heterocycles. The highest BCUT2D eigenvalue weighted by Gasteiger charge is 2.36. The Morgan fingerprint density at radius 2 is 1.92 bits per heavy atom. The van der Waals surface area contributed by atoms with Gasteiger partial charge in [0.15, 0.2) is 0 Å². The molecule has 1 aromatic heterocycles. The summed E-state index contributed by atoms with van der Waals surface area (Å²) < 4.78 is 6.55. The Kier molecular flexibility index (Phi) is 4.78. The summed E-state index contributed by atoms with van der Waals surface area (Å²) in [6.45, 7) is 3.76. The van der Waals surface area contributed by atoms with Gasteiger partial charge in [0.2, 0.25) is 0 Å². The van der Waals surface area contributed by atoms with Crippen LogP contribution >= 0.6 is 15.9 Å². The van der Waals surface area contributed by atoms with Crippen LogP contribution < -0.4 is 5.32 Å². The van der Waals surface area contributed by atoms with E-state index in [4.69, 9.17) is 4.74 Å². The molecule has 1 saturated carbocycles. The molecule has 6 heteroatoms. The highest BCUT2D eigenvalue weighted by atomic mass is 79.9. The SMILES string of the molecule is Brc1ccc(-c2cncnc2NC2CCC2N2CCOCC2)cc1. The summed E-state index contributed by atoms with van der Waals surface area (Å²) in [6, 6.07) is 9.31. The topological polar surface area (TPSA) is 50.3 Å². The van der Waals surface area contributed by atoms with Crippen molar-refractivity contribution in [1.29, 1.82) is 0 Å². The van der Waals surface area contributed by atoms with Gasteiger partial charge in [0.25, 0.3) is 0 Å². The number of benzene rings is 1. The van der Waals surface area contributed by atoms with E-state index < -0.39 is 0 Å². The molecule has 2 unspecified atom stereocenters. The monoisotopic (exact) mass is 388 g/mol. The number of nitrogens with one attached hydrogen (secondary N) is 1. The average molecular weight is 389 g/mol. The smallest absolute Gasteiger partial charge is 0.137 e. The van der Waals surface area contributed by atoms with Crippen LogP contribution in [0.2, 0.25) is 0 Å². The van der Waals surface area contributed by atoms with Crippen LogP contribution in [0.3, 0.4) is 0 Å². The van der Waals surface area contributed by atoms with E-state index in [0.29, 0.717) is 12.1 Å². The summed E-state index contributed by atoms with van der Waals surface area (Å²) in [5.41, 5.74) is 2.18. The molecule has 0 radical (unpaired) electrons. The summed E-state index contributed by atoms with van der Waals surface area (Å²) in [6.07, 6.45) is 5.94. The molecule has 2 heterocycles. The van der Waals surface area contributed by atoms with E-state index in [2.05, 4.69) is 48.2 Å². The van der Waals surface area contributed by atoms with Crippen molar-refractivity contribution < 1.29 is 4.74 Å². The fourth-order valence-corrected chi connectivity index (χ4v) is 3.72. The van der Waals surface area contributed by atoms with Crippen molar-refractivity contribution in [3.8, 4) is 11.1 Å². The Hall–Kier alpha value is -1.50. The third-order valence-corrected chi connectivity index (χ3v) is 5.47. The summed E-state index contributed by atoms with van der Waals surface area (Å²) >= 11 is 3.49. The molecule has 2 fully saturated rings. The summed E-state index contributed by atoms with van der Waals surface area (Å²) in [5.74, 6) is 0.926. The molecular weight excluding hydrogens is 368 g/mol. The molecule has 0 bridgehead atoms. The second kappa shape index (κ2) is 7.17. The highest BCUT2D eigenvalue weighted by Crippen LogP contribution is 2.32. The first-order chi connectivity index (χ1) is 11.8. The minimum Gasteiger partial charge on any atom is -0.379 e. The predicted octanol–water partition coefficient (Wildman–Crippen LogP) is 3.18. The molecule has 0 spiro atoms. The number of hydrogen-bond acceptors (Lipinski definition) is 5. The zero-order valence-electron chi connectivity index (χ0n) is 13.5. The maximum Gasteiger partial charge on any atom is 0.137 e. The summed E-state index contributed by atoms with van der Waals surface area (Å²) in [4.78, 5) is 11.3. The number of anilines is 1. The van der Waals surface area contributed by atoms with E-state index in [1.165, 1.54) is 12.8 Å². The minimum absolute atomic E-state index is 0.451. The molecule has 1 N–H and O–H groups in total. The average Bonchev–Trinajstić information content (AvgIpc) is 2.61. The summed E-state index contributed by atoms with van der Waals surface area (Å²) in [7, 11) is 0. The third kappa shape index (κ3) is 3.31. The van der Waals surface area contributed by atoms with Crippen molar-refractivity contribution in [2.45, 2.75) is 24.9 Å². The van der Waals surface area contributed by atoms with Crippen molar-refractivity contribution in [1.82, 2.24) is 14.9 Å². The number of hydrogen-bond donors (Lipinski definition) is 1. The first-order valence-electron chi connectivity index (χ1n) is 8.45. The van der Waals surface area contributed by atoms with Gasteiger partial charge in [-0.05, 0) is 30.5 Å². The Balaban J connectivity index is 1.51. The second-order valence-corrected chi connectivity index (χ2v) is 7.25. The molecule has 5 nitrogen and oxygen atoms in total. The molecule has 1 aromatic carbocycles. The molecule has 4 rings (SSSR count). The van der Waals surface area contributed by atoms with Crippen molar-refractivity contribution in [3.05, 3.63) is 41.3 Å². The molecule has 2 atom stereocenters. The van der Waals surface area contributed by atoms with Gasteiger partial charge in [0.05, 0.1) is 13.2 Å². The number of nitrogens with zero attached hydrogens (tertiary/aromatic N) is 3. The fourth-order valence-electron chi connectivity index (χ4n) is 3.46. The number of aromatic nitrogens is 2. The van der Waals surface area contributed by atoms with Crippen molar-refractivity contribution in [2.75, 3.05) is 31.6 Å². The van der Waals surface area contributed by atoms with Crippen molar-refractivity contribution in [2.24, 2.45) is 0 Å². The zero-order chi connectivity index (χ0) is 16.4. The lowest BCUT2D eigenvalue weighted by Crippen LogP contribution is -2.57. The minimum atomic E-state index is 0.451. The molecule has 1 aliphatic heterocycles. The van der Waals surface area contributed by atoms with E-state index in [9.17, 15) is 0 Å². The van der Waals surface area contributed by atoms with Gasteiger partial charge in [-0.25, -0.2) is 9.97 Å². The van der Waals surface area contributed by atoms with Crippen molar-refractivity contribution >= 4 is 21.7 Å². The van der Waals surface area contributed by atoms with E-state index in [0.717, 1.165) is 47.7 Å². The number of rotatable bonds is 4. The lowest BCUT2D eigenvalue weighted by atomic mass is 9.84. The van der Waals surface area contributed by atoms with Crippen LogP contribution in [0.4, 0.5) is 5.82 Å². The molecule has 0 amide bonds. The van der Waals surface area contributed by atoms with Gasteiger partial charge in [0, 0.05) is 41.4 Å². The van der Waals surface area contributed by atoms with Gasteiger partial charge in [-0.3, -0.25) is 4.90 Å². The number of morpholine rings is 1. The fraction of sp³-hybridized carbons (Fsp3) is 0.444. The molecular formula is C18H21BrN4O. The predicted molar refractivity (Wildman–Crippen MR) is 98.0 cm³/mol. The van der Waals surface area contributed by atoms with Gasteiger partial charge in [-0.1, -0.05) is 28.1 Å². The normalized spacial score (nSPS) is 24.4. The standard InChI is InChI=1S/C18H21BrN4O/c19-14-3-1-13(2-4-14)15-11-20-12-21-18(15)22-16-5-6-17(16)23-7-9-24-10-8-23/h1-4,11-12,16-17H,5-10H2,(H,20,21,22). The van der Waals surface area contributed by atoms with Gasteiger partial charge >= 0.3 is 0 Å². The van der Waals surface area contributed by atoms with Gasteiger partial charge < -0.3 is 10.1 Å². The lowest BCUT2D eigenvalue weighted by molar-refractivity contribution is -0.00597. The Labute approximate surface area is 150 Å². The van der Waals surface area contributed by atoms with Crippen LogP contribution in [0, 0.1) is 0 Å². The van der Waals surface area contributed by atoms with Gasteiger partial charge in [0.1, 0.15) is 12.1 Å². The quantitative estimate of drug-likeness (QED) is 0.871. The first-order valence-corrected chi connectivity index (χ1v) is 9.25. The van der Waals surface area contributed by atoms with Crippen LogP contribution in [0.15, 0.2) is 41.3 Å². The van der Waals surface area contributed by atoms with E-state index in [1.54, 1.807) is 6.33 Å². The molecule has 2 aliphatic rings. The Bertz CT molecular complexity index is 688. The zero-order valence-corrected chi connectivity index (χ0v) is 15.1. The second-order valence-electron chi connectivity index (χ2n) is 6.34. The Morgan fingerprint density at radius 3 is 2.62 bits per heavy atom. The van der Waals surface area contributed by atoms with Gasteiger partial charge in [-0.2, -0.15) is 0 Å². The van der Waals surface area contributed by atoms with E-state index in [-0.39, 0.29) is 0 Å². The molecule has 24 heavy (non-hydrogen) atoms. The number of halogens is 1. The lowest BCUT2D eigenvalue weighted by Gasteiger charge is -2.46. The molecule has 1 aliphatic carbocycles. The van der Waals surface area contributed by atoms with Crippen LogP contribution in [0.25, 0.3) is 11.1 Å². The molecule has 126 valence electrons. The largest absolute Gasteiger partial charge is 0.379 e. The Morgan fingerprint density at radius 1 is 1.12 bits per heavy atom. The van der Waals surface area contributed by atoms with Crippen LogP contribution in [-0.4, -0.2) is 53.3 Å². The molecule has 2 aromatic rings. The van der Waals surface area contributed by atoms with E-state index in [1.807, 2.05) is 18.3 Å². The van der Waals surface area contributed by atoms with Crippen molar-refractivity contribution in [3.63, 3.8) is 0 Å². The first kappa shape index (κ1) is 16.0. The van der Waals surface area contributed by atoms with Crippen LogP contribution in [0.5, 0.6) is 0 Å². The summed E-state index contributed by atoms with van der Waals surface area (Å²) in [5, 5.41) is 3.66. The maximum absolute atomic E-state index is 5.47. The number of ether oxygens (including phenoxy) is 1. The van der Waals surface area contributed by atoms with Crippen LogP contribution in [0.1, 0.15) is 12.8 Å².